The number of nitrogens with one attached hydrogen (secondary N) is 2. The average molecular weight is 528 g/mol. The molecule has 2 atom stereocenters. The summed E-state index contributed by atoms with van der Waals surface area (Å²) in [5.41, 5.74) is 4.97. The minimum atomic E-state index is -1.35. The highest BCUT2D eigenvalue weighted by molar-refractivity contribution is 6.69. The predicted molar refractivity (Wildman–Crippen MR) is 130 cm³/mol. The monoisotopic (exact) mass is 528 g/mol. The Morgan fingerprint density at radius 2 is 1.42 bits per heavy atom. The number of hydrogen-bond acceptors (Lipinski definition) is 14. The number of esters is 3. The van der Waals surface area contributed by atoms with Gasteiger partial charge in [-0.25, -0.2) is 4.79 Å². The quantitative estimate of drug-likeness (QED) is 0.196. The van der Waals surface area contributed by atoms with Crippen LogP contribution in [-0.2, 0) is 28.6 Å². The van der Waals surface area contributed by atoms with E-state index in [9.17, 15) is 34.6 Å². The van der Waals surface area contributed by atoms with Crippen LogP contribution in [0.15, 0.2) is 58.7 Å². The molecule has 0 amide bonds. The fourth-order valence-corrected chi connectivity index (χ4v) is 3.09. The summed E-state index contributed by atoms with van der Waals surface area (Å²) in [4.78, 5) is 56.3. The number of carbonyl (C=O) groups is 3. The normalized spacial score (nSPS) is 17.4. The Morgan fingerprint density at radius 3 is 1.87 bits per heavy atom. The van der Waals surface area contributed by atoms with Gasteiger partial charge in [-0.15, -0.1) is 0 Å². The molecule has 2 aromatic carbocycles. The number of non-ortho nitro benzene ring substituents is 2. The Bertz CT molecular complexity index is 1310. The number of ether oxygens (including phenoxy) is 3. The van der Waals surface area contributed by atoms with Gasteiger partial charge in [0.05, 0.1) is 21.2 Å². The van der Waals surface area contributed by atoms with Gasteiger partial charge in [0.25, 0.3) is 11.4 Å². The van der Waals surface area contributed by atoms with Crippen LogP contribution in [0.3, 0.4) is 0 Å². The summed E-state index contributed by atoms with van der Waals surface area (Å²) in [6.07, 6.45) is -2.64. The summed E-state index contributed by atoms with van der Waals surface area (Å²) < 4.78 is 15.5. The van der Waals surface area contributed by atoms with E-state index >= 15 is 0 Å². The van der Waals surface area contributed by atoms with Crippen molar-refractivity contribution in [1.29, 1.82) is 0 Å². The first-order valence-corrected chi connectivity index (χ1v) is 10.7. The number of nitrogens with zero attached hydrogens (tertiary/aromatic N) is 4. The zero-order valence-electron chi connectivity index (χ0n) is 19.9. The number of hydrogen-bond donors (Lipinski definition) is 2. The number of benzene rings is 2. The molecule has 2 aromatic rings. The first-order chi connectivity index (χ1) is 18.0. The lowest BCUT2D eigenvalue weighted by atomic mass is 10.1. The van der Waals surface area contributed by atoms with Gasteiger partial charge in [-0.05, 0) is 24.3 Å². The molecule has 3 rings (SSSR count). The predicted octanol–water partition coefficient (Wildman–Crippen LogP) is 2.16. The fraction of sp³-hybridized carbons (Fsp3) is 0.227. The highest BCUT2D eigenvalue weighted by atomic mass is 16.6. The Labute approximate surface area is 213 Å². The van der Waals surface area contributed by atoms with Crippen molar-refractivity contribution < 1.29 is 38.4 Å². The van der Waals surface area contributed by atoms with E-state index in [1.165, 1.54) is 48.5 Å². The van der Waals surface area contributed by atoms with Gasteiger partial charge >= 0.3 is 17.9 Å². The molecule has 0 saturated carbocycles. The molecule has 0 bridgehead atoms. The second-order valence-corrected chi connectivity index (χ2v) is 7.57. The number of carbonyl (C=O) groups excluding carboxylic acids is 3. The van der Waals surface area contributed by atoms with Crippen molar-refractivity contribution in [2.45, 2.75) is 26.1 Å². The lowest BCUT2D eigenvalue weighted by Crippen LogP contribution is -2.40. The zero-order chi connectivity index (χ0) is 27.8. The van der Waals surface area contributed by atoms with Crippen LogP contribution < -0.4 is 10.9 Å². The van der Waals surface area contributed by atoms with Crippen LogP contribution in [0.1, 0.15) is 13.8 Å². The topological polar surface area (TPSA) is 214 Å². The summed E-state index contributed by atoms with van der Waals surface area (Å²) >= 11 is 0. The van der Waals surface area contributed by atoms with Crippen LogP contribution in [0.5, 0.6) is 0 Å². The first kappa shape index (κ1) is 27.2. The number of hydrazone groups is 2. The van der Waals surface area contributed by atoms with E-state index in [1.54, 1.807) is 0 Å². The third-order valence-corrected chi connectivity index (χ3v) is 4.80. The van der Waals surface area contributed by atoms with Crippen molar-refractivity contribution in [3.8, 4) is 0 Å². The van der Waals surface area contributed by atoms with E-state index in [2.05, 4.69) is 21.1 Å². The van der Waals surface area contributed by atoms with Gasteiger partial charge in [-0.3, -0.25) is 40.7 Å². The van der Waals surface area contributed by atoms with E-state index in [1.807, 2.05) is 0 Å². The SMILES string of the molecule is CC(=O)OCC(OC(C)=O)C1OC(=O)C(=NNc2ccc([N+](=O)[O-])cc2)C1=NNc1ccc([N+](=O)[O-])cc1. The van der Waals surface area contributed by atoms with Crippen LogP contribution in [0.2, 0.25) is 0 Å². The highest BCUT2D eigenvalue weighted by Crippen LogP contribution is 2.21. The summed E-state index contributed by atoms with van der Waals surface area (Å²) in [7, 11) is 0. The number of cyclic esters (lactones) is 1. The molecule has 0 spiro atoms. The number of rotatable bonds is 10. The lowest BCUT2D eigenvalue weighted by Gasteiger charge is -2.21. The molecule has 1 aliphatic heterocycles. The molecular weight excluding hydrogens is 508 g/mol. The maximum Gasteiger partial charge on any atom is 0.361 e. The van der Waals surface area contributed by atoms with E-state index in [0.29, 0.717) is 11.4 Å². The van der Waals surface area contributed by atoms with Crippen molar-refractivity contribution in [3.63, 3.8) is 0 Å². The maximum absolute atomic E-state index is 12.7. The van der Waals surface area contributed by atoms with Crippen molar-refractivity contribution in [3.05, 3.63) is 68.8 Å². The van der Waals surface area contributed by atoms with Gasteiger partial charge in [0.2, 0.25) is 0 Å². The molecule has 1 heterocycles. The minimum Gasteiger partial charge on any atom is -0.462 e. The zero-order valence-corrected chi connectivity index (χ0v) is 19.9. The third kappa shape index (κ3) is 7.06. The molecule has 2 unspecified atom stereocenters. The Kier molecular flexibility index (Phi) is 8.60. The molecule has 16 nitrogen and oxygen atoms in total. The van der Waals surface area contributed by atoms with Gasteiger partial charge in [0.15, 0.2) is 17.9 Å². The Morgan fingerprint density at radius 1 is 0.921 bits per heavy atom. The van der Waals surface area contributed by atoms with Gasteiger partial charge < -0.3 is 14.2 Å². The largest absolute Gasteiger partial charge is 0.462 e. The number of nitro benzene ring substituents is 2. The summed E-state index contributed by atoms with van der Waals surface area (Å²) in [5, 5.41) is 29.9. The van der Waals surface area contributed by atoms with Crippen molar-refractivity contribution in [1.82, 2.24) is 0 Å². The van der Waals surface area contributed by atoms with E-state index < -0.39 is 46.6 Å². The third-order valence-electron chi connectivity index (χ3n) is 4.80. The molecule has 16 heteroatoms. The first-order valence-electron chi connectivity index (χ1n) is 10.7. The molecule has 0 aliphatic carbocycles. The molecule has 0 radical (unpaired) electrons. The van der Waals surface area contributed by atoms with Gasteiger partial charge in [0, 0.05) is 38.1 Å². The molecule has 38 heavy (non-hydrogen) atoms. The van der Waals surface area contributed by atoms with E-state index in [-0.39, 0.29) is 22.8 Å². The second kappa shape index (κ2) is 12.0. The van der Waals surface area contributed by atoms with Gasteiger partial charge in [0.1, 0.15) is 12.3 Å². The van der Waals surface area contributed by atoms with Crippen LogP contribution in [0.25, 0.3) is 0 Å². The smallest absolute Gasteiger partial charge is 0.361 e. The van der Waals surface area contributed by atoms with Crippen LogP contribution in [0.4, 0.5) is 22.7 Å². The summed E-state index contributed by atoms with van der Waals surface area (Å²) in [6.45, 7) is 1.78. The van der Waals surface area contributed by atoms with E-state index in [0.717, 1.165) is 13.8 Å². The fourth-order valence-electron chi connectivity index (χ4n) is 3.09. The molecule has 1 fully saturated rings. The maximum atomic E-state index is 12.7. The molecular formula is C22H20N6O10. The molecule has 0 aromatic heterocycles. The summed E-state index contributed by atoms with van der Waals surface area (Å²) in [6, 6.07) is 10.3. The van der Waals surface area contributed by atoms with Crippen LogP contribution in [0, 0.1) is 20.2 Å². The molecule has 2 N–H and O–H groups in total. The van der Waals surface area contributed by atoms with Gasteiger partial charge in [-0.1, -0.05) is 0 Å². The van der Waals surface area contributed by atoms with Gasteiger partial charge in [-0.2, -0.15) is 10.2 Å². The van der Waals surface area contributed by atoms with Crippen LogP contribution >= 0.6 is 0 Å². The lowest BCUT2D eigenvalue weighted by molar-refractivity contribution is -0.385. The van der Waals surface area contributed by atoms with Crippen molar-refractivity contribution in [2.75, 3.05) is 17.5 Å². The van der Waals surface area contributed by atoms with Crippen LogP contribution in [-0.4, -0.2) is 58.0 Å². The van der Waals surface area contributed by atoms with E-state index in [4.69, 9.17) is 14.2 Å². The Hall–Kier alpha value is -5.41. The Balaban J connectivity index is 1.95. The standard InChI is InChI=1S/C22H20N6O10/c1-12(29)36-11-18(37-13(2)30)21-19(25-23-14-3-7-16(8-4-14)27(32)33)20(22(31)38-21)26-24-15-5-9-17(10-6-15)28(34)35/h3-10,18,21,23-24H,11H2,1-2H3. The average Bonchev–Trinajstić information content (AvgIpc) is 3.18. The minimum absolute atomic E-state index is 0.152. The number of anilines is 2. The highest BCUT2D eigenvalue weighted by Gasteiger charge is 2.45. The molecule has 198 valence electrons. The molecule has 1 aliphatic rings. The van der Waals surface area contributed by atoms with Crippen molar-refractivity contribution in [2.24, 2.45) is 10.2 Å². The second-order valence-electron chi connectivity index (χ2n) is 7.57. The van der Waals surface area contributed by atoms with Crippen molar-refractivity contribution >= 4 is 52.1 Å². The summed E-state index contributed by atoms with van der Waals surface area (Å²) in [5.74, 6) is -2.40. The molecule has 1 saturated heterocycles. The number of nitro groups is 2.